The van der Waals surface area contributed by atoms with E-state index in [9.17, 15) is 23.1 Å². The van der Waals surface area contributed by atoms with E-state index in [0.29, 0.717) is 9.17 Å². The summed E-state index contributed by atoms with van der Waals surface area (Å²) >= 11 is 4.29. The van der Waals surface area contributed by atoms with Gasteiger partial charge in [0.15, 0.2) is 17.3 Å². The molecule has 164 valence electrons. The number of ether oxygens (including phenoxy) is 1. The molecule has 0 saturated carbocycles. The summed E-state index contributed by atoms with van der Waals surface area (Å²) in [5.74, 6) is -0.626. The Morgan fingerprint density at radius 3 is 2.47 bits per heavy atom. The summed E-state index contributed by atoms with van der Waals surface area (Å²) in [5, 5.41) is 10.2. The van der Waals surface area contributed by atoms with Crippen LogP contribution in [0.2, 0.25) is 0 Å². The number of ketones is 1. The molecule has 4 rings (SSSR count). The van der Waals surface area contributed by atoms with Crippen molar-refractivity contribution >= 4 is 59.7 Å². The van der Waals surface area contributed by atoms with Crippen LogP contribution < -0.4 is 15.1 Å². The summed E-state index contributed by atoms with van der Waals surface area (Å²) in [6.07, 6.45) is 0. The molecule has 0 radical (unpaired) electrons. The Bertz CT molecular complexity index is 1510. The normalized spacial score (nSPS) is 11.4. The molecule has 0 aliphatic carbocycles. The topological polar surface area (TPSA) is 123 Å². The predicted molar refractivity (Wildman–Crippen MR) is 123 cm³/mol. The first kappa shape index (κ1) is 22.1. The molecule has 0 spiro atoms. The Morgan fingerprint density at radius 1 is 1.12 bits per heavy atom. The molecule has 0 amide bonds. The number of hydrogen-bond acceptors (Lipinski definition) is 8. The van der Waals surface area contributed by atoms with Crippen LogP contribution in [0.25, 0.3) is 11.0 Å². The van der Waals surface area contributed by atoms with Crippen molar-refractivity contribution in [3.8, 4) is 11.5 Å². The number of methoxy groups -OCH3 is 1. The molecule has 2 aromatic carbocycles. The van der Waals surface area contributed by atoms with Gasteiger partial charge in [-0.05, 0) is 64.5 Å². The van der Waals surface area contributed by atoms with Crippen LogP contribution in [0.5, 0.6) is 11.5 Å². The van der Waals surface area contributed by atoms with Crippen molar-refractivity contribution in [1.29, 1.82) is 0 Å². The molecule has 11 heteroatoms. The van der Waals surface area contributed by atoms with Gasteiger partial charge in [0.1, 0.15) is 15.4 Å². The number of phenols is 1. The molecule has 0 fully saturated rings. The summed E-state index contributed by atoms with van der Waals surface area (Å²) in [4.78, 5) is 25.2. The number of nitrogens with one attached hydrogen (secondary N) is 1. The zero-order chi connectivity index (χ0) is 23.0. The third-order valence-electron chi connectivity index (χ3n) is 4.49. The number of carbonyl (C=O) groups is 1. The van der Waals surface area contributed by atoms with Gasteiger partial charge in [0, 0.05) is 22.7 Å². The maximum Gasteiger partial charge on any atom is 0.347 e. The first-order valence-electron chi connectivity index (χ1n) is 8.96. The van der Waals surface area contributed by atoms with E-state index in [4.69, 9.17) is 9.15 Å². The van der Waals surface area contributed by atoms with Gasteiger partial charge in [0.25, 0.3) is 10.0 Å². The quantitative estimate of drug-likeness (QED) is 0.277. The third kappa shape index (κ3) is 4.27. The molecule has 0 aliphatic rings. The van der Waals surface area contributed by atoms with Crippen LogP contribution >= 0.6 is 27.3 Å². The number of anilines is 1. The lowest BCUT2D eigenvalue weighted by Crippen LogP contribution is -2.15. The molecular weight excluding hydrogens is 522 g/mol. The van der Waals surface area contributed by atoms with E-state index in [1.54, 1.807) is 6.07 Å². The molecule has 0 bridgehead atoms. The Morgan fingerprint density at radius 2 is 1.84 bits per heavy atom. The minimum absolute atomic E-state index is 0.106. The Hall–Kier alpha value is -3.15. The number of aromatic hydroxyl groups is 1. The average molecular weight is 536 g/mol. The van der Waals surface area contributed by atoms with Crippen LogP contribution in [-0.2, 0) is 10.0 Å². The lowest BCUT2D eigenvalue weighted by atomic mass is 10.0. The van der Waals surface area contributed by atoms with Crippen LogP contribution in [0.15, 0.2) is 71.8 Å². The molecule has 0 unspecified atom stereocenters. The fourth-order valence-electron chi connectivity index (χ4n) is 2.95. The van der Waals surface area contributed by atoms with Crippen molar-refractivity contribution in [3.05, 3.63) is 79.9 Å². The number of fused-ring (bicyclic) bond motifs is 1. The van der Waals surface area contributed by atoms with E-state index in [1.807, 2.05) is 0 Å². The highest BCUT2D eigenvalue weighted by Gasteiger charge is 2.19. The van der Waals surface area contributed by atoms with Crippen molar-refractivity contribution < 1.29 is 27.5 Å². The lowest BCUT2D eigenvalue weighted by Gasteiger charge is -2.08. The van der Waals surface area contributed by atoms with Gasteiger partial charge >= 0.3 is 5.63 Å². The fourth-order valence-corrected chi connectivity index (χ4v) is 6.02. The van der Waals surface area contributed by atoms with Gasteiger partial charge in [-0.3, -0.25) is 9.52 Å². The summed E-state index contributed by atoms with van der Waals surface area (Å²) in [6, 6.07) is 12.8. The number of rotatable bonds is 6. The molecular formula is C21H14BrNO7S2. The summed E-state index contributed by atoms with van der Waals surface area (Å²) < 4.78 is 38.3. The molecule has 0 atom stereocenters. The molecule has 2 heterocycles. The first-order chi connectivity index (χ1) is 15.2. The Labute approximate surface area is 194 Å². The highest BCUT2D eigenvalue weighted by molar-refractivity contribution is 9.11. The minimum Gasteiger partial charge on any atom is -0.504 e. The van der Waals surface area contributed by atoms with Crippen molar-refractivity contribution in [3.63, 3.8) is 0 Å². The van der Waals surface area contributed by atoms with Gasteiger partial charge in [0.05, 0.1) is 10.9 Å². The van der Waals surface area contributed by atoms with Crippen LogP contribution in [0, 0.1) is 0 Å². The van der Waals surface area contributed by atoms with E-state index in [-0.39, 0.29) is 38.1 Å². The van der Waals surface area contributed by atoms with Crippen molar-refractivity contribution in [2.45, 2.75) is 4.21 Å². The first-order valence-corrected chi connectivity index (χ1v) is 12.0. The number of phenolic OH excluding ortho intramolecular Hbond substituents is 1. The minimum atomic E-state index is -3.76. The number of thiophene rings is 1. The standard InChI is InChI=1S/C21H14BrNO7S2/c1-29-17-9-12-8-14(21(26)30-16(12)10-15(17)24)20(25)11-2-4-13(5-3-11)23-32(27,28)19-7-6-18(22)31-19/h2-10,23-24H,1H3. The van der Waals surface area contributed by atoms with E-state index in [1.165, 1.54) is 55.6 Å². The number of halogens is 1. The fraction of sp³-hybridized carbons (Fsp3) is 0.0476. The van der Waals surface area contributed by atoms with Gasteiger partial charge in [-0.25, -0.2) is 13.2 Å². The highest BCUT2D eigenvalue weighted by atomic mass is 79.9. The number of carbonyl (C=O) groups excluding carboxylic acids is 1. The van der Waals surface area contributed by atoms with Gasteiger partial charge < -0.3 is 14.3 Å². The van der Waals surface area contributed by atoms with E-state index >= 15 is 0 Å². The monoisotopic (exact) mass is 535 g/mol. The largest absolute Gasteiger partial charge is 0.504 e. The van der Waals surface area contributed by atoms with Crippen LogP contribution in [0.1, 0.15) is 15.9 Å². The lowest BCUT2D eigenvalue weighted by molar-refractivity contribution is 0.103. The van der Waals surface area contributed by atoms with E-state index < -0.39 is 21.4 Å². The second-order valence-corrected chi connectivity index (χ2v) is 11.0. The predicted octanol–water partition coefficient (Wildman–Crippen LogP) is 4.36. The highest BCUT2D eigenvalue weighted by Crippen LogP contribution is 2.31. The number of sulfonamides is 1. The number of benzene rings is 2. The van der Waals surface area contributed by atoms with Crippen LogP contribution in [0.3, 0.4) is 0 Å². The van der Waals surface area contributed by atoms with Crippen LogP contribution in [-0.4, -0.2) is 26.4 Å². The molecule has 0 aliphatic heterocycles. The van der Waals surface area contributed by atoms with Gasteiger partial charge in [-0.15, -0.1) is 11.3 Å². The summed E-state index contributed by atoms with van der Waals surface area (Å²) in [6.45, 7) is 0. The molecule has 4 aromatic rings. The Balaban J connectivity index is 1.62. The molecule has 8 nitrogen and oxygen atoms in total. The molecule has 2 N–H and O–H groups in total. The van der Waals surface area contributed by atoms with Gasteiger partial charge in [0.2, 0.25) is 0 Å². The summed E-state index contributed by atoms with van der Waals surface area (Å²) in [5.41, 5.74) is -0.530. The van der Waals surface area contributed by atoms with Crippen molar-refractivity contribution in [2.24, 2.45) is 0 Å². The molecule has 32 heavy (non-hydrogen) atoms. The maximum absolute atomic E-state index is 12.9. The average Bonchev–Trinajstić information content (AvgIpc) is 3.20. The van der Waals surface area contributed by atoms with Crippen molar-refractivity contribution in [2.75, 3.05) is 11.8 Å². The van der Waals surface area contributed by atoms with Gasteiger partial charge in [-0.1, -0.05) is 0 Å². The second kappa shape index (κ2) is 8.41. The van der Waals surface area contributed by atoms with Crippen LogP contribution in [0.4, 0.5) is 5.69 Å². The maximum atomic E-state index is 12.9. The number of hydrogen-bond donors (Lipinski definition) is 2. The zero-order valence-corrected chi connectivity index (χ0v) is 19.5. The molecule has 0 saturated heterocycles. The molecule has 2 aromatic heterocycles. The zero-order valence-electron chi connectivity index (χ0n) is 16.3. The van der Waals surface area contributed by atoms with Gasteiger partial charge in [-0.2, -0.15) is 0 Å². The summed E-state index contributed by atoms with van der Waals surface area (Å²) in [7, 11) is -2.39. The van der Waals surface area contributed by atoms with E-state index in [0.717, 1.165) is 11.3 Å². The van der Waals surface area contributed by atoms with Crippen molar-refractivity contribution in [1.82, 2.24) is 0 Å². The Kier molecular flexibility index (Phi) is 5.80. The SMILES string of the molecule is COc1cc2cc(C(=O)c3ccc(NS(=O)(=O)c4ccc(Br)s4)cc3)c(=O)oc2cc1O. The smallest absolute Gasteiger partial charge is 0.347 e. The third-order valence-corrected chi connectivity index (χ3v) is 7.99. The van der Waals surface area contributed by atoms with E-state index in [2.05, 4.69) is 20.7 Å². The second-order valence-electron chi connectivity index (χ2n) is 6.58.